The largest absolute Gasteiger partial charge is 0.507 e. The Bertz CT molecular complexity index is 511. The summed E-state index contributed by atoms with van der Waals surface area (Å²) in [7, 11) is 0. The van der Waals surface area contributed by atoms with Crippen LogP contribution in [0.2, 0.25) is 0 Å². The van der Waals surface area contributed by atoms with E-state index < -0.39 is 0 Å². The number of thioether (sulfide) groups is 1. The van der Waals surface area contributed by atoms with Crippen LogP contribution in [0.15, 0.2) is 12.1 Å². The second-order valence-corrected chi connectivity index (χ2v) is 6.06. The van der Waals surface area contributed by atoms with Gasteiger partial charge in [-0.25, -0.2) is 0 Å². The fraction of sp³-hybridized carbons (Fsp3) is 0.500. The molecule has 1 rings (SSSR count). The van der Waals surface area contributed by atoms with Crippen LogP contribution < -0.4 is 4.74 Å². The molecule has 0 aromatic heterocycles. The van der Waals surface area contributed by atoms with E-state index in [1.807, 2.05) is 6.92 Å². The second-order valence-electron chi connectivity index (χ2n) is 4.79. The van der Waals surface area contributed by atoms with Crippen LogP contribution in [-0.2, 0) is 11.2 Å². The van der Waals surface area contributed by atoms with Gasteiger partial charge in [0.1, 0.15) is 11.5 Å². The van der Waals surface area contributed by atoms with Gasteiger partial charge in [0.2, 0.25) is 0 Å². The lowest BCUT2D eigenvalue weighted by Crippen LogP contribution is -2.04. The molecular weight excluding hydrogens is 288 g/mol. The summed E-state index contributed by atoms with van der Waals surface area (Å²) in [6.07, 6.45) is 2.26. The third kappa shape index (κ3) is 5.42. The molecule has 4 nitrogen and oxygen atoms in total. The van der Waals surface area contributed by atoms with Crippen molar-refractivity contribution in [3.8, 4) is 11.5 Å². The molecule has 0 atom stereocenters. The van der Waals surface area contributed by atoms with E-state index in [1.54, 1.807) is 19.1 Å². The molecule has 0 unspecified atom stereocenters. The summed E-state index contributed by atoms with van der Waals surface area (Å²) in [4.78, 5) is 22.3. The number of hydrogen-bond donors (Lipinski definition) is 1. The molecule has 0 fully saturated rings. The first-order valence-electron chi connectivity index (χ1n) is 7.09. The number of ether oxygens (including phenoxy) is 1. The van der Waals surface area contributed by atoms with E-state index in [9.17, 15) is 14.7 Å². The Morgan fingerprint density at radius 1 is 1.29 bits per heavy atom. The van der Waals surface area contributed by atoms with Crippen LogP contribution in [0.25, 0.3) is 0 Å². The van der Waals surface area contributed by atoms with Crippen LogP contribution in [0, 0.1) is 0 Å². The van der Waals surface area contributed by atoms with Crippen LogP contribution in [0.5, 0.6) is 11.5 Å². The number of rotatable bonds is 8. The van der Waals surface area contributed by atoms with Gasteiger partial charge in [-0.1, -0.05) is 25.1 Å². The molecule has 0 saturated heterocycles. The number of hydrogen-bond acceptors (Lipinski definition) is 5. The number of carbonyl (C=O) groups is 2. The first kappa shape index (κ1) is 17.6. The van der Waals surface area contributed by atoms with E-state index in [0.29, 0.717) is 29.9 Å². The van der Waals surface area contributed by atoms with Crippen LogP contribution >= 0.6 is 11.8 Å². The highest BCUT2D eigenvalue weighted by atomic mass is 32.2. The molecule has 0 aliphatic rings. The number of phenols is 1. The van der Waals surface area contributed by atoms with Gasteiger partial charge in [0.25, 0.3) is 0 Å². The quantitative estimate of drug-likeness (QED) is 0.587. The second kappa shape index (κ2) is 8.72. The number of ketones is 1. The monoisotopic (exact) mass is 310 g/mol. The summed E-state index contributed by atoms with van der Waals surface area (Å²) >= 11 is 1.28. The third-order valence-corrected chi connectivity index (χ3v) is 3.87. The smallest absolute Gasteiger partial charge is 0.185 e. The van der Waals surface area contributed by atoms with Crippen molar-refractivity contribution in [3.63, 3.8) is 0 Å². The van der Waals surface area contributed by atoms with E-state index in [1.165, 1.54) is 18.7 Å². The van der Waals surface area contributed by atoms with E-state index >= 15 is 0 Å². The van der Waals surface area contributed by atoms with Crippen LogP contribution in [0.1, 0.15) is 49.5 Å². The van der Waals surface area contributed by atoms with Crippen molar-refractivity contribution in [2.75, 3.05) is 12.4 Å². The van der Waals surface area contributed by atoms with Gasteiger partial charge in [-0.15, -0.1) is 0 Å². The van der Waals surface area contributed by atoms with Gasteiger partial charge in [0.05, 0.1) is 12.2 Å². The fourth-order valence-corrected chi connectivity index (χ4v) is 2.54. The van der Waals surface area contributed by atoms with Crippen molar-refractivity contribution in [2.45, 2.75) is 40.0 Å². The lowest BCUT2D eigenvalue weighted by Gasteiger charge is -2.14. The van der Waals surface area contributed by atoms with Crippen molar-refractivity contribution < 1.29 is 19.4 Å². The Labute approximate surface area is 129 Å². The minimum atomic E-state index is -0.158. The summed E-state index contributed by atoms with van der Waals surface area (Å²) in [6, 6.07) is 3.33. The molecule has 0 bridgehead atoms. The van der Waals surface area contributed by atoms with Crippen LogP contribution in [0.3, 0.4) is 0 Å². The summed E-state index contributed by atoms with van der Waals surface area (Å²) in [5.41, 5.74) is 1.02. The first-order valence-corrected chi connectivity index (χ1v) is 8.07. The maximum Gasteiger partial charge on any atom is 0.185 e. The molecule has 0 spiro atoms. The predicted octanol–water partition coefficient (Wildman–Crippen LogP) is 3.60. The topological polar surface area (TPSA) is 63.6 Å². The normalized spacial score (nSPS) is 10.4. The van der Waals surface area contributed by atoms with Gasteiger partial charge in [0.15, 0.2) is 10.9 Å². The highest BCUT2D eigenvalue weighted by Gasteiger charge is 2.15. The Morgan fingerprint density at radius 2 is 2.00 bits per heavy atom. The average molecular weight is 310 g/mol. The number of phenolic OH excluding ortho intramolecular Hbond substituents is 1. The molecule has 0 aliphatic heterocycles. The van der Waals surface area contributed by atoms with Crippen molar-refractivity contribution >= 4 is 22.7 Å². The van der Waals surface area contributed by atoms with Gasteiger partial charge < -0.3 is 9.84 Å². The third-order valence-electron chi connectivity index (χ3n) is 2.97. The zero-order valence-electron chi connectivity index (χ0n) is 12.8. The number of carbonyl (C=O) groups excluding carboxylic acids is 2. The van der Waals surface area contributed by atoms with E-state index in [0.717, 1.165) is 18.6 Å². The molecule has 0 heterocycles. The summed E-state index contributed by atoms with van der Waals surface area (Å²) in [6.45, 7) is 5.47. The number of aromatic hydroxyl groups is 1. The lowest BCUT2D eigenvalue weighted by molar-refractivity contribution is -0.109. The highest BCUT2D eigenvalue weighted by molar-refractivity contribution is 8.13. The first-order chi connectivity index (χ1) is 9.97. The molecule has 1 aromatic rings. The maximum atomic E-state index is 11.5. The van der Waals surface area contributed by atoms with Gasteiger partial charge in [-0.05, 0) is 31.9 Å². The number of Topliss-reactive ketones (excluding diaryl/α,β-unsaturated/α-hetero) is 1. The molecule has 1 aromatic carbocycles. The Balaban J connectivity index is 2.75. The zero-order valence-corrected chi connectivity index (χ0v) is 13.6. The van der Waals surface area contributed by atoms with Gasteiger partial charge in [-0.3, -0.25) is 9.59 Å². The molecule has 0 aliphatic carbocycles. The lowest BCUT2D eigenvalue weighted by atomic mass is 10.0. The van der Waals surface area contributed by atoms with E-state index in [4.69, 9.17) is 4.74 Å². The summed E-state index contributed by atoms with van der Waals surface area (Å²) < 4.78 is 5.69. The zero-order chi connectivity index (χ0) is 15.8. The van der Waals surface area contributed by atoms with Crippen molar-refractivity contribution in [1.82, 2.24) is 0 Å². The van der Waals surface area contributed by atoms with Gasteiger partial charge in [0, 0.05) is 18.2 Å². The fourth-order valence-electron chi connectivity index (χ4n) is 1.99. The molecule has 0 amide bonds. The molecule has 0 saturated carbocycles. The standard InChI is InChI=1S/C16H22O4S/c1-4-6-14-15(20-9-5-10-21-12(3)18)8-7-13(11(2)17)16(14)19/h7-8,19H,4-6,9-10H2,1-3H3. The minimum absolute atomic E-state index is 0.0277. The van der Waals surface area contributed by atoms with E-state index in [-0.39, 0.29) is 16.6 Å². The maximum absolute atomic E-state index is 11.5. The van der Waals surface area contributed by atoms with Crippen molar-refractivity contribution in [3.05, 3.63) is 23.3 Å². The van der Waals surface area contributed by atoms with Crippen molar-refractivity contribution in [1.29, 1.82) is 0 Å². The number of benzene rings is 1. The highest BCUT2D eigenvalue weighted by Crippen LogP contribution is 2.33. The average Bonchev–Trinajstić information content (AvgIpc) is 2.41. The Hall–Kier alpha value is -1.49. The molecule has 21 heavy (non-hydrogen) atoms. The van der Waals surface area contributed by atoms with Crippen LogP contribution in [0.4, 0.5) is 0 Å². The summed E-state index contributed by atoms with van der Waals surface area (Å²) in [5, 5.41) is 10.3. The minimum Gasteiger partial charge on any atom is -0.507 e. The van der Waals surface area contributed by atoms with E-state index in [2.05, 4.69) is 0 Å². The Morgan fingerprint density at radius 3 is 2.57 bits per heavy atom. The summed E-state index contributed by atoms with van der Waals surface area (Å²) in [5.74, 6) is 1.21. The van der Waals surface area contributed by atoms with Crippen LogP contribution in [-0.4, -0.2) is 28.4 Å². The molecule has 116 valence electrons. The Kier molecular flexibility index (Phi) is 7.29. The molecule has 0 radical (unpaired) electrons. The SMILES string of the molecule is CCCc1c(OCCCSC(C)=O)ccc(C(C)=O)c1O. The van der Waals surface area contributed by atoms with Crippen molar-refractivity contribution in [2.24, 2.45) is 0 Å². The van der Waals surface area contributed by atoms with Gasteiger partial charge in [-0.2, -0.15) is 0 Å². The molecular formula is C16H22O4S. The van der Waals surface area contributed by atoms with Gasteiger partial charge >= 0.3 is 0 Å². The molecule has 1 N–H and O–H groups in total. The molecule has 5 heteroatoms. The predicted molar refractivity (Wildman–Crippen MR) is 85.4 cm³/mol.